The summed E-state index contributed by atoms with van der Waals surface area (Å²) in [6.07, 6.45) is -3.17. The van der Waals surface area contributed by atoms with E-state index in [9.17, 15) is 13.2 Å². The Morgan fingerprint density at radius 3 is 2.50 bits per heavy atom. The van der Waals surface area contributed by atoms with Crippen LogP contribution < -0.4 is 10.1 Å². The molecule has 0 radical (unpaired) electrons. The summed E-state index contributed by atoms with van der Waals surface area (Å²) >= 11 is 0. The van der Waals surface area contributed by atoms with Crippen LogP contribution in [0, 0.1) is 29.6 Å². The number of hydrogen-bond acceptors (Lipinski definition) is 4. The SMILES string of the molecule is Cc1cc(OCC(F)(F)F)ccc1NC=C(C#N)C#N. The van der Waals surface area contributed by atoms with Gasteiger partial charge in [-0.15, -0.1) is 0 Å². The summed E-state index contributed by atoms with van der Waals surface area (Å²) in [5.74, 6) is 0.0927. The lowest BCUT2D eigenvalue weighted by Gasteiger charge is -2.11. The van der Waals surface area contributed by atoms with Crippen molar-refractivity contribution in [3.63, 3.8) is 0 Å². The minimum Gasteiger partial charge on any atom is -0.484 e. The number of rotatable bonds is 4. The third kappa shape index (κ3) is 4.91. The molecule has 20 heavy (non-hydrogen) atoms. The molecule has 0 unspecified atom stereocenters. The summed E-state index contributed by atoms with van der Waals surface area (Å²) in [7, 11) is 0. The number of anilines is 1. The fraction of sp³-hybridized carbons (Fsp3) is 0.231. The van der Waals surface area contributed by atoms with Crippen molar-refractivity contribution in [3.05, 3.63) is 35.5 Å². The molecule has 0 bridgehead atoms. The van der Waals surface area contributed by atoms with Gasteiger partial charge in [0.1, 0.15) is 23.5 Å². The predicted molar refractivity (Wildman–Crippen MR) is 65.7 cm³/mol. The van der Waals surface area contributed by atoms with Gasteiger partial charge >= 0.3 is 6.18 Å². The molecule has 0 fully saturated rings. The zero-order valence-electron chi connectivity index (χ0n) is 10.5. The maximum atomic E-state index is 12.0. The maximum absolute atomic E-state index is 12.0. The highest BCUT2D eigenvalue weighted by molar-refractivity contribution is 5.56. The van der Waals surface area contributed by atoms with Crippen molar-refractivity contribution < 1.29 is 17.9 Å². The minimum atomic E-state index is -4.39. The number of ether oxygens (including phenoxy) is 1. The topological polar surface area (TPSA) is 68.8 Å². The molecule has 4 nitrogen and oxygen atoms in total. The zero-order valence-corrected chi connectivity index (χ0v) is 10.5. The van der Waals surface area contributed by atoms with E-state index in [1.807, 2.05) is 0 Å². The van der Waals surface area contributed by atoms with Gasteiger partial charge in [-0.25, -0.2) is 0 Å². The molecule has 7 heteroatoms. The number of aryl methyl sites for hydroxylation is 1. The lowest BCUT2D eigenvalue weighted by Crippen LogP contribution is -2.19. The molecule has 0 amide bonds. The number of nitriles is 2. The second-order valence-electron chi connectivity index (χ2n) is 3.81. The quantitative estimate of drug-likeness (QED) is 0.860. The van der Waals surface area contributed by atoms with Crippen molar-refractivity contribution in [2.45, 2.75) is 13.1 Å². The average molecular weight is 281 g/mol. The van der Waals surface area contributed by atoms with Gasteiger partial charge in [-0.1, -0.05) is 0 Å². The first kappa shape index (κ1) is 15.4. The second kappa shape index (κ2) is 6.48. The van der Waals surface area contributed by atoms with E-state index in [4.69, 9.17) is 10.5 Å². The molecule has 0 atom stereocenters. The summed E-state index contributed by atoms with van der Waals surface area (Å²) in [5.41, 5.74) is 1.07. The van der Waals surface area contributed by atoms with Gasteiger partial charge in [0.2, 0.25) is 0 Å². The van der Waals surface area contributed by atoms with Crippen molar-refractivity contribution in [3.8, 4) is 17.9 Å². The molecule has 0 heterocycles. The largest absolute Gasteiger partial charge is 0.484 e. The summed E-state index contributed by atoms with van der Waals surface area (Å²) < 4.78 is 40.6. The Kier molecular flexibility index (Phi) is 4.99. The molecule has 0 aromatic heterocycles. The van der Waals surface area contributed by atoms with E-state index >= 15 is 0 Å². The Morgan fingerprint density at radius 2 is 2.00 bits per heavy atom. The standard InChI is InChI=1S/C13H10F3N3O/c1-9-4-11(20-8-13(14,15)16)2-3-12(9)19-7-10(5-17)6-18/h2-4,7,19H,8H2,1H3. The molecule has 1 aromatic carbocycles. The summed E-state index contributed by atoms with van der Waals surface area (Å²) in [5, 5.41) is 19.8. The van der Waals surface area contributed by atoms with Crippen LogP contribution in [-0.4, -0.2) is 12.8 Å². The Hall–Kier alpha value is -2.67. The molecular formula is C13H10F3N3O. The molecule has 104 valence electrons. The smallest absolute Gasteiger partial charge is 0.422 e. The number of nitrogens with one attached hydrogen (secondary N) is 1. The first-order valence-electron chi connectivity index (χ1n) is 5.43. The van der Waals surface area contributed by atoms with Crippen molar-refractivity contribution >= 4 is 5.69 Å². The van der Waals surface area contributed by atoms with Crippen LogP contribution in [0.2, 0.25) is 0 Å². The van der Waals surface area contributed by atoms with Gasteiger partial charge in [-0.2, -0.15) is 23.7 Å². The van der Waals surface area contributed by atoms with E-state index in [2.05, 4.69) is 10.1 Å². The lowest BCUT2D eigenvalue weighted by atomic mass is 10.2. The van der Waals surface area contributed by atoms with Gasteiger partial charge in [0.15, 0.2) is 6.61 Å². The molecular weight excluding hydrogens is 271 g/mol. The van der Waals surface area contributed by atoms with Crippen LogP contribution in [-0.2, 0) is 0 Å². The van der Waals surface area contributed by atoms with Crippen LogP contribution in [0.3, 0.4) is 0 Å². The minimum absolute atomic E-state index is 0.0927. The normalized spacial score (nSPS) is 10.1. The molecule has 1 rings (SSSR count). The Balaban J connectivity index is 2.77. The highest BCUT2D eigenvalue weighted by Gasteiger charge is 2.28. The first-order valence-corrected chi connectivity index (χ1v) is 5.43. The van der Waals surface area contributed by atoms with Crippen molar-refractivity contribution in [2.24, 2.45) is 0 Å². The highest BCUT2D eigenvalue weighted by atomic mass is 19.4. The molecule has 0 spiro atoms. The van der Waals surface area contributed by atoms with Crippen molar-refractivity contribution in [1.29, 1.82) is 10.5 Å². The van der Waals surface area contributed by atoms with E-state index in [0.717, 1.165) is 0 Å². The van der Waals surface area contributed by atoms with Crippen LogP contribution in [0.1, 0.15) is 5.56 Å². The van der Waals surface area contributed by atoms with Crippen molar-refractivity contribution in [1.82, 2.24) is 0 Å². The Morgan fingerprint density at radius 1 is 1.35 bits per heavy atom. The zero-order chi connectivity index (χ0) is 15.2. The summed E-state index contributed by atoms with van der Waals surface area (Å²) in [6.45, 7) is 0.307. The number of nitrogens with zero attached hydrogens (tertiary/aromatic N) is 2. The summed E-state index contributed by atoms with van der Waals surface area (Å²) in [4.78, 5) is 0. The second-order valence-corrected chi connectivity index (χ2v) is 3.81. The molecule has 1 N–H and O–H groups in total. The number of hydrogen-bond donors (Lipinski definition) is 1. The molecule has 0 saturated heterocycles. The van der Waals surface area contributed by atoms with Crippen LogP contribution >= 0.6 is 0 Å². The van der Waals surface area contributed by atoms with E-state index in [1.54, 1.807) is 19.1 Å². The van der Waals surface area contributed by atoms with Gasteiger partial charge in [-0.05, 0) is 30.7 Å². The number of alkyl halides is 3. The van der Waals surface area contributed by atoms with Gasteiger partial charge in [0.05, 0.1) is 0 Å². The monoisotopic (exact) mass is 281 g/mol. The molecule has 0 aliphatic carbocycles. The fourth-order valence-electron chi connectivity index (χ4n) is 1.29. The first-order chi connectivity index (χ1) is 9.35. The van der Waals surface area contributed by atoms with Gasteiger partial charge in [0, 0.05) is 11.9 Å². The molecule has 0 aliphatic heterocycles. The highest BCUT2D eigenvalue weighted by Crippen LogP contribution is 2.23. The van der Waals surface area contributed by atoms with E-state index < -0.39 is 12.8 Å². The number of benzene rings is 1. The molecule has 0 saturated carbocycles. The number of allylic oxidation sites excluding steroid dienone is 1. The van der Waals surface area contributed by atoms with Crippen LogP contribution in [0.25, 0.3) is 0 Å². The van der Waals surface area contributed by atoms with E-state index in [1.165, 1.54) is 24.4 Å². The predicted octanol–water partition coefficient (Wildman–Crippen LogP) is 3.28. The molecule has 0 aliphatic rings. The maximum Gasteiger partial charge on any atom is 0.422 e. The van der Waals surface area contributed by atoms with Gasteiger partial charge < -0.3 is 10.1 Å². The van der Waals surface area contributed by atoms with Crippen LogP contribution in [0.4, 0.5) is 18.9 Å². The van der Waals surface area contributed by atoms with Gasteiger partial charge in [-0.3, -0.25) is 0 Å². The van der Waals surface area contributed by atoms with E-state index in [0.29, 0.717) is 11.3 Å². The Bertz CT molecular complexity index is 578. The fourth-order valence-corrected chi connectivity index (χ4v) is 1.29. The third-order valence-corrected chi connectivity index (χ3v) is 2.21. The average Bonchev–Trinajstić information content (AvgIpc) is 2.38. The Labute approximate surface area is 113 Å². The third-order valence-electron chi connectivity index (χ3n) is 2.21. The summed E-state index contributed by atoms with van der Waals surface area (Å²) in [6, 6.07) is 7.66. The van der Waals surface area contributed by atoms with Crippen molar-refractivity contribution in [2.75, 3.05) is 11.9 Å². The van der Waals surface area contributed by atoms with Gasteiger partial charge in [0.25, 0.3) is 0 Å². The molecule has 1 aromatic rings. The van der Waals surface area contributed by atoms with E-state index in [-0.39, 0.29) is 11.3 Å². The lowest BCUT2D eigenvalue weighted by molar-refractivity contribution is -0.153. The van der Waals surface area contributed by atoms with Crippen LogP contribution in [0.15, 0.2) is 30.0 Å². The number of halogens is 3. The van der Waals surface area contributed by atoms with Crippen LogP contribution in [0.5, 0.6) is 5.75 Å².